The summed E-state index contributed by atoms with van der Waals surface area (Å²) in [5, 5.41) is 3.10. The summed E-state index contributed by atoms with van der Waals surface area (Å²) in [5.74, 6) is 2.33. The molecule has 3 heteroatoms. The molecule has 94 valence electrons. The molecule has 0 saturated heterocycles. The molecular formula is C15H19N3. The molecule has 0 aliphatic rings. The van der Waals surface area contributed by atoms with Crippen molar-refractivity contribution in [3.63, 3.8) is 0 Å². The van der Waals surface area contributed by atoms with Crippen molar-refractivity contribution < 1.29 is 0 Å². The van der Waals surface area contributed by atoms with Gasteiger partial charge in [0.2, 0.25) is 0 Å². The van der Waals surface area contributed by atoms with Crippen LogP contribution in [0.15, 0.2) is 36.4 Å². The van der Waals surface area contributed by atoms with Crippen LogP contribution in [0, 0.1) is 5.92 Å². The highest BCUT2D eigenvalue weighted by Crippen LogP contribution is 2.20. The molecular weight excluding hydrogens is 222 g/mol. The third kappa shape index (κ3) is 3.06. The first-order valence-electron chi connectivity index (χ1n) is 6.30. The average molecular weight is 241 g/mol. The molecule has 0 aliphatic heterocycles. The molecule has 0 saturated carbocycles. The Labute approximate surface area is 108 Å². The van der Waals surface area contributed by atoms with Crippen LogP contribution < -0.4 is 5.32 Å². The number of aromatic nitrogens is 2. The Balaban J connectivity index is 2.41. The Hall–Kier alpha value is -1.90. The van der Waals surface area contributed by atoms with Crippen LogP contribution in [0.4, 0.5) is 5.82 Å². The van der Waals surface area contributed by atoms with Crippen molar-refractivity contribution in [2.75, 3.05) is 12.4 Å². The van der Waals surface area contributed by atoms with Crippen molar-refractivity contribution in [2.24, 2.45) is 5.92 Å². The van der Waals surface area contributed by atoms with Crippen LogP contribution in [0.5, 0.6) is 0 Å². The summed E-state index contributed by atoms with van der Waals surface area (Å²) in [5.41, 5.74) is 2.10. The monoisotopic (exact) mass is 241 g/mol. The summed E-state index contributed by atoms with van der Waals surface area (Å²) in [6, 6.07) is 12.2. The van der Waals surface area contributed by atoms with Gasteiger partial charge in [0.1, 0.15) is 11.6 Å². The molecule has 0 aliphatic carbocycles. The Morgan fingerprint density at radius 2 is 1.83 bits per heavy atom. The van der Waals surface area contributed by atoms with Crippen LogP contribution in [-0.4, -0.2) is 17.0 Å². The lowest BCUT2D eigenvalue weighted by Gasteiger charge is -2.09. The molecule has 0 atom stereocenters. The van der Waals surface area contributed by atoms with E-state index in [1.807, 2.05) is 31.3 Å². The van der Waals surface area contributed by atoms with E-state index in [1.165, 1.54) is 0 Å². The van der Waals surface area contributed by atoms with Crippen molar-refractivity contribution in [3.8, 4) is 11.3 Å². The molecule has 1 N–H and O–H groups in total. The van der Waals surface area contributed by atoms with Crippen molar-refractivity contribution in [1.82, 2.24) is 9.97 Å². The van der Waals surface area contributed by atoms with Crippen LogP contribution >= 0.6 is 0 Å². The zero-order chi connectivity index (χ0) is 13.0. The molecule has 0 spiro atoms. The predicted octanol–water partition coefficient (Wildman–Crippen LogP) is 3.38. The predicted molar refractivity (Wildman–Crippen MR) is 75.6 cm³/mol. The van der Waals surface area contributed by atoms with Gasteiger partial charge in [0.15, 0.2) is 0 Å². The van der Waals surface area contributed by atoms with Gasteiger partial charge in [-0.1, -0.05) is 44.2 Å². The first-order chi connectivity index (χ1) is 8.69. The van der Waals surface area contributed by atoms with Gasteiger partial charge in [-0.2, -0.15) is 0 Å². The van der Waals surface area contributed by atoms with Gasteiger partial charge >= 0.3 is 0 Å². The fourth-order valence-electron chi connectivity index (χ4n) is 1.84. The Morgan fingerprint density at radius 1 is 1.11 bits per heavy atom. The van der Waals surface area contributed by atoms with E-state index in [1.54, 1.807) is 0 Å². The minimum Gasteiger partial charge on any atom is -0.373 e. The molecule has 1 heterocycles. The largest absolute Gasteiger partial charge is 0.373 e. The molecule has 18 heavy (non-hydrogen) atoms. The number of rotatable bonds is 4. The molecule has 1 aromatic carbocycles. The quantitative estimate of drug-likeness (QED) is 0.891. The highest BCUT2D eigenvalue weighted by atomic mass is 15.0. The minimum atomic E-state index is 0.556. The molecule has 0 amide bonds. The van der Waals surface area contributed by atoms with Crippen LogP contribution in [0.3, 0.4) is 0 Å². The lowest BCUT2D eigenvalue weighted by molar-refractivity contribution is 0.622. The topological polar surface area (TPSA) is 37.8 Å². The third-order valence-corrected chi connectivity index (χ3v) is 2.69. The van der Waals surface area contributed by atoms with Crippen LogP contribution in [0.2, 0.25) is 0 Å². The van der Waals surface area contributed by atoms with Gasteiger partial charge in [-0.3, -0.25) is 0 Å². The number of benzene rings is 1. The zero-order valence-corrected chi connectivity index (χ0v) is 11.1. The summed E-state index contributed by atoms with van der Waals surface area (Å²) in [6.45, 7) is 4.36. The summed E-state index contributed by atoms with van der Waals surface area (Å²) in [6.07, 6.45) is 0.898. The van der Waals surface area contributed by atoms with Gasteiger partial charge in [-0.25, -0.2) is 9.97 Å². The second kappa shape index (κ2) is 5.63. The number of hydrogen-bond donors (Lipinski definition) is 1. The zero-order valence-electron chi connectivity index (χ0n) is 11.1. The highest BCUT2D eigenvalue weighted by molar-refractivity contribution is 5.62. The standard InChI is InChI=1S/C15H19N3/c1-11(2)9-15-17-13(10-14(16-3)18-15)12-7-5-4-6-8-12/h4-8,10-11H,9H2,1-3H3,(H,16,17,18). The highest BCUT2D eigenvalue weighted by Gasteiger charge is 2.07. The van der Waals surface area contributed by atoms with E-state index in [0.29, 0.717) is 5.92 Å². The molecule has 0 fully saturated rings. The number of nitrogens with one attached hydrogen (secondary N) is 1. The summed E-state index contributed by atoms with van der Waals surface area (Å²) >= 11 is 0. The summed E-state index contributed by atoms with van der Waals surface area (Å²) < 4.78 is 0. The van der Waals surface area contributed by atoms with Gasteiger partial charge in [-0.15, -0.1) is 0 Å². The molecule has 2 aromatic rings. The van der Waals surface area contributed by atoms with E-state index in [9.17, 15) is 0 Å². The SMILES string of the molecule is CNc1cc(-c2ccccc2)nc(CC(C)C)n1. The van der Waals surface area contributed by atoms with E-state index in [2.05, 4.69) is 41.3 Å². The van der Waals surface area contributed by atoms with Crippen molar-refractivity contribution in [1.29, 1.82) is 0 Å². The smallest absolute Gasteiger partial charge is 0.131 e. The van der Waals surface area contributed by atoms with E-state index in [-0.39, 0.29) is 0 Å². The first-order valence-corrected chi connectivity index (χ1v) is 6.30. The Bertz CT molecular complexity index is 506. The maximum absolute atomic E-state index is 4.64. The van der Waals surface area contributed by atoms with E-state index in [4.69, 9.17) is 0 Å². The fraction of sp³-hybridized carbons (Fsp3) is 0.333. The fourth-order valence-corrected chi connectivity index (χ4v) is 1.84. The maximum atomic E-state index is 4.64. The summed E-state index contributed by atoms with van der Waals surface area (Å²) in [4.78, 5) is 9.14. The van der Waals surface area contributed by atoms with Gasteiger partial charge in [0.25, 0.3) is 0 Å². The molecule has 0 radical (unpaired) electrons. The molecule has 3 nitrogen and oxygen atoms in total. The number of anilines is 1. The van der Waals surface area contributed by atoms with Crippen LogP contribution in [-0.2, 0) is 6.42 Å². The van der Waals surface area contributed by atoms with Crippen molar-refractivity contribution in [2.45, 2.75) is 20.3 Å². The van der Waals surface area contributed by atoms with Crippen LogP contribution in [0.1, 0.15) is 19.7 Å². The average Bonchev–Trinajstić information content (AvgIpc) is 2.38. The lowest BCUT2D eigenvalue weighted by Crippen LogP contribution is -2.04. The van der Waals surface area contributed by atoms with Gasteiger partial charge in [0, 0.05) is 25.1 Å². The number of hydrogen-bond acceptors (Lipinski definition) is 3. The van der Waals surface area contributed by atoms with E-state index in [0.717, 1.165) is 29.3 Å². The van der Waals surface area contributed by atoms with Crippen molar-refractivity contribution >= 4 is 5.82 Å². The van der Waals surface area contributed by atoms with E-state index >= 15 is 0 Å². The van der Waals surface area contributed by atoms with Gasteiger partial charge < -0.3 is 5.32 Å². The minimum absolute atomic E-state index is 0.556. The van der Waals surface area contributed by atoms with Gasteiger partial charge in [-0.05, 0) is 5.92 Å². The second-order valence-electron chi connectivity index (χ2n) is 4.77. The van der Waals surface area contributed by atoms with Crippen LogP contribution in [0.25, 0.3) is 11.3 Å². The second-order valence-corrected chi connectivity index (χ2v) is 4.77. The maximum Gasteiger partial charge on any atom is 0.131 e. The molecule has 0 bridgehead atoms. The number of nitrogens with zero attached hydrogens (tertiary/aromatic N) is 2. The molecule has 1 aromatic heterocycles. The molecule has 2 rings (SSSR count). The summed E-state index contributed by atoms with van der Waals surface area (Å²) in [7, 11) is 1.89. The van der Waals surface area contributed by atoms with Gasteiger partial charge in [0.05, 0.1) is 5.69 Å². The first kappa shape index (κ1) is 12.6. The normalized spacial score (nSPS) is 10.7. The van der Waals surface area contributed by atoms with E-state index < -0.39 is 0 Å². The molecule has 0 unspecified atom stereocenters. The Morgan fingerprint density at radius 3 is 2.44 bits per heavy atom. The Kier molecular flexibility index (Phi) is 3.92. The third-order valence-electron chi connectivity index (χ3n) is 2.69. The van der Waals surface area contributed by atoms with Crippen molar-refractivity contribution in [3.05, 3.63) is 42.2 Å². The lowest BCUT2D eigenvalue weighted by atomic mass is 10.1.